The number of H-pyrrole nitrogens is 1. The van der Waals surface area contributed by atoms with Gasteiger partial charge in [0.05, 0.1) is 26.2 Å². The van der Waals surface area contributed by atoms with E-state index in [1.54, 1.807) is 18.2 Å². The number of carbonyl (C=O) groups is 2. The first kappa shape index (κ1) is 29.5. The highest BCUT2D eigenvalue weighted by Crippen LogP contribution is 2.27. The average molecular weight is 577 g/mol. The Morgan fingerprint density at radius 2 is 1.76 bits per heavy atom. The van der Waals surface area contributed by atoms with Crippen molar-refractivity contribution in [2.75, 3.05) is 14.2 Å². The molecule has 0 aliphatic heterocycles. The molecule has 1 unspecified atom stereocenters. The maximum atomic E-state index is 14.3. The van der Waals surface area contributed by atoms with Gasteiger partial charge in [-0.2, -0.15) is 0 Å². The minimum atomic E-state index is -0.988. The van der Waals surface area contributed by atoms with Crippen LogP contribution in [0.5, 0.6) is 11.5 Å². The van der Waals surface area contributed by atoms with Crippen LogP contribution >= 0.6 is 0 Å². The van der Waals surface area contributed by atoms with Crippen molar-refractivity contribution in [3.63, 3.8) is 0 Å². The first-order chi connectivity index (χ1) is 20.2. The van der Waals surface area contributed by atoms with Crippen molar-refractivity contribution < 1.29 is 27.9 Å². The van der Waals surface area contributed by atoms with Crippen LogP contribution in [0.3, 0.4) is 0 Å². The molecule has 0 fully saturated rings. The van der Waals surface area contributed by atoms with Crippen molar-refractivity contribution in [1.82, 2.24) is 20.8 Å². The quantitative estimate of drug-likeness (QED) is 0.155. The summed E-state index contributed by atoms with van der Waals surface area (Å²) in [6, 6.07) is 17.3. The van der Waals surface area contributed by atoms with E-state index in [2.05, 4.69) is 25.8 Å². The number of aliphatic imine (C=N–C) groups is 1. The monoisotopic (exact) mass is 576 g/mol. The Morgan fingerprint density at radius 1 is 1.02 bits per heavy atom. The van der Waals surface area contributed by atoms with Crippen LogP contribution in [0.2, 0.25) is 0 Å². The first-order valence-corrected chi connectivity index (χ1v) is 12.8. The third-order valence-electron chi connectivity index (χ3n) is 6.12. The molecule has 1 heterocycles. The Kier molecular flexibility index (Phi) is 9.66. The molecular formula is C29H29FN6O6. The normalized spacial score (nSPS) is 11.9. The van der Waals surface area contributed by atoms with Crippen molar-refractivity contribution in [1.29, 1.82) is 0 Å². The number of rotatable bonds is 11. The number of nitrogens with zero attached hydrogens (tertiary/aromatic N) is 2. The molecule has 12 nitrogen and oxygen atoms in total. The number of methoxy groups -OCH3 is 2. The summed E-state index contributed by atoms with van der Waals surface area (Å²) < 4.78 is 29.6. The van der Waals surface area contributed by atoms with Crippen LogP contribution in [-0.4, -0.2) is 48.2 Å². The van der Waals surface area contributed by atoms with Crippen molar-refractivity contribution in [3.8, 4) is 23.0 Å². The lowest BCUT2D eigenvalue weighted by Gasteiger charge is -2.15. The molecule has 0 saturated carbocycles. The molecule has 5 N–H and O–H groups in total. The Labute approximate surface area is 239 Å². The third kappa shape index (κ3) is 7.81. The van der Waals surface area contributed by atoms with Crippen molar-refractivity contribution >= 4 is 17.8 Å². The zero-order valence-corrected chi connectivity index (χ0v) is 22.8. The van der Waals surface area contributed by atoms with Crippen molar-refractivity contribution in [2.45, 2.75) is 25.4 Å². The number of halogens is 1. The van der Waals surface area contributed by atoms with Crippen molar-refractivity contribution in [3.05, 3.63) is 99.8 Å². The second-order valence-corrected chi connectivity index (χ2v) is 9.08. The summed E-state index contributed by atoms with van der Waals surface area (Å²) in [5.41, 5.74) is 7.99. The summed E-state index contributed by atoms with van der Waals surface area (Å²) in [4.78, 5) is 41.5. The van der Waals surface area contributed by atoms with Gasteiger partial charge >= 0.3 is 5.76 Å². The van der Waals surface area contributed by atoms with Gasteiger partial charge in [-0.15, -0.1) is 5.10 Å². The molecule has 0 saturated heterocycles. The van der Waals surface area contributed by atoms with Crippen LogP contribution in [0.4, 0.5) is 4.39 Å². The van der Waals surface area contributed by atoms with Gasteiger partial charge in [0, 0.05) is 13.0 Å². The fourth-order valence-electron chi connectivity index (χ4n) is 4.10. The van der Waals surface area contributed by atoms with E-state index in [4.69, 9.17) is 19.6 Å². The molecule has 1 aromatic heterocycles. The maximum Gasteiger partial charge on any atom is 0.434 e. The molecule has 4 rings (SSSR count). The first-order valence-electron chi connectivity index (χ1n) is 12.8. The van der Waals surface area contributed by atoms with E-state index in [0.717, 1.165) is 5.56 Å². The van der Waals surface area contributed by atoms with Gasteiger partial charge in [0.25, 0.3) is 5.89 Å². The van der Waals surface area contributed by atoms with E-state index in [0.29, 0.717) is 22.6 Å². The molecule has 0 bridgehead atoms. The minimum Gasteiger partial charge on any atom is -0.493 e. The minimum absolute atomic E-state index is 0.00709. The molecule has 218 valence electrons. The van der Waals surface area contributed by atoms with Crippen LogP contribution in [-0.2, 0) is 29.0 Å². The van der Waals surface area contributed by atoms with Crippen LogP contribution in [0.25, 0.3) is 11.5 Å². The number of ether oxygens (including phenoxy) is 2. The number of benzene rings is 3. The van der Waals surface area contributed by atoms with Crippen LogP contribution < -0.4 is 31.6 Å². The molecule has 0 aliphatic rings. The molecule has 2 amide bonds. The smallest absolute Gasteiger partial charge is 0.434 e. The second kappa shape index (κ2) is 13.7. The molecule has 4 aromatic rings. The summed E-state index contributed by atoms with van der Waals surface area (Å²) in [5.74, 6) is -1.82. The van der Waals surface area contributed by atoms with Gasteiger partial charge in [-0.1, -0.05) is 42.5 Å². The van der Waals surface area contributed by atoms with Crippen molar-refractivity contribution in [2.24, 2.45) is 10.7 Å². The standard InChI is InChI=1S/C29H29FN6O6/c1-40-23-11-9-18(14-24(23)41-2)15-25(37)34-28(31)33-22(13-17-6-4-3-5-7-17)26(38)32-16-19-8-10-21(30)20(12-19)27-35-36-29(39)42-27/h3-12,14,22H,13,15-16H2,1-2H3,(H,32,38)(H,36,39)(H3,31,33,34,37). The lowest BCUT2D eigenvalue weighted by molar-refractivity contribution is -0.122. The fraction of sp³-hybridized carbons (Fsp3) is 0.207. The highest BCUT2D eigenvalue weighted by Gasteiger charge is 2.20. The summed E-state index contributed by atoms with van der Waals surface area (Å²) in [6.07, 6.45) is 0.182. The second-order valence-electron chi connectivity index (χ2n) is 9.08. The Morgan fingerprint density at radius 3 is 2.45 bits per heavy atom. The van der Waals surface area contributed by atoms with Gasteiger partial charge in [-0.25, -0.2) is 19.3 Å². The number of amides is 2. The van der Waals surface area contributed by atoms with Crippen LogP contribution in [0.15, 0.2) is 80.9 Å². The van der Waals surface area contributed by atoms with Gasteiger partial charge in [-0.05, 0) is 41.0 Å². The number of guanidine groups is 1. The lowest BCUT2D eigenvalue weighted by atomic mass is 10.1. The van der Waals surface area contributed by atoms with Gasteiger partial charge in [-0.3, -0.25) is 14.9 Å². The highest BCUT2D eigenvalue weighted by molar-refractivity contribution is 5.98. The maximum absolute atomic E-state index is 14.3. The average Bonchev–Trinajstić information content (AvgIpc) is 3.42. The summed E-state index contributed by atoms with van der Waals surface area (Å²) in [5, 5.41) is 11.0. The predicted octanol–water partition coefficient (Wildman–Crippen LogP) is 2.09. The SMILES string of the molecule is COc1ccc(CC(=O)NC(N)=NC(Cc2ccccc2)C(=O)NCc2ccc(F)c(-c3n[nH]c(=O)o3)c2)cc1OC. The Hall–Kier alpha value is -5.46. The highest BCUT2D eigenvalue weighted by atomic mass is 19.1. The van der Waals surface area contributed by atoms with Gasteiger partial charge < -0.3 is 24.9 Å². The molecule has 0 aliphatic carbocycles. The van der Waals surface area contributed by atoms with E-state index in [9.17, 15) is 18.8 Å². The summed E-state index contributed by atoms with van der Waals surface area (Å²) in [7, 11) is 3.01. The molecule has 42 heavy (non-hydrogen) atoms. The topological polar surface area (TPSA) is 174 Å². The van der Waals surface area contributed by atoms with E-state index in [-0.39, 0.29) is 36.8 Å². The number of nitrogens with two attached hydrogens (primary N) is 1. The molecule has 3 aromatic carbocycles. The fourth-order valence-corrected chi connectivity index (χ4v) is 4.10. The van der Waals surface area contributed by atoms with E-state index >= 15 is 0 Å². The Bertz CT molecular complexity index is 1640. The number of aromatic amines is 1. The molecule has 0 spiro atoms. The predicted molar refractivity (Wildman–Crippen MR) is 151 cm³/mol. The lowest BCUT2D eigenvalue weighted by Crippen LogP contribution is -2.42. The number of aromatic nitrogens is 2. The largest absolute Gasteiger partial charge is 0.493 e. The van der Waals surface area contributed by atoms with Gasteiger partial charge in [0.1, 0.15) is 11.9 Å². The zero-order chi connectivity index (χ0) is 30.1. The van der Waals surface area contributed by atoms with E-state index in [1.807, 2.05) is 30.3 Å². The zero-order valence-electron chi connectivity index (χ0n) is 22.8. The van der Waals surface area contributed by atoms with E-state index < -0.39 is 29.4 Å². The number of hydrogen-bond acceptors (Lipinski definition) is 8. The van der Waals surface area contributed by atoms with Gasteiger partial charge in [0.15, 0.2) is 17.5 Å². The molecule has 0 radical (unpaired) electrons. The van der Waals surface area contributed by atoms with Gasteiger partial charge in [0.2, 0.25) is 11.8 Å². The number of carbonyl (C=O) groups excluding carboxylic acids is 2. The van der Waals surface area contributed by atoms with E-state index in [1.165, 1.54) is 32.4 Å². The molecule has 1 atom stereocenters. The summed E-state index contributed by atoms with van der Waals surface area (Å²) >= 11 is 0. The number of hydrogen-bond donors (Lipinski definition) is 4. The molecule has 13 heteroatoms. The molecular weight excluding hydrogens is 547 g/mol. The van der Waals surface area contributed by atoms with Crippen LogP contribution in [0.1, 0.15) is 16.7 Å². The summed E-state index contributed by atoms with van der Waals surface area (Å²) in [6.45, 7) is 0.00709. The third-order valence-corrected chi connectivity index (χ3v) is 6.12. The van der Waals surface area contributed by atoms with Crippen LogP contribution in [0, 0.1) is 5.82 Å². The Balaban J connectivity index is 1.46. The number of nitrogens with one attached hydrogen (secondary N) is 3.